The zero-order chi connectivity index (χ0) is 18.7. The highest BCUT2D eigenvalue weighted by Gasteiger charge is 2.68. The maximum absolute atomic E-state index is 14.8. The van der Waals surface area contributed by atoms with E-state index >= 15 is 0 Å². The van der Waals surface area contributed by atoms with Crippen LogP contribution in [0.2, 0.25) is 0 Å². The maximum atomic E-state index is 14.8. The molecule has 0 fully saturated rings. The molecule has 0 heterocycles. The van der Waals surface area contributed by atoms with Crippen molar-refractivity contribution in [3.8, 4) is 0 Å². The molecular formula is C13H15F7O3Si. The van der Waals surface area contributed by atoms with Crippen LogP contribution >= 0.6 is 0 Å². The van der Waals surface area contributed by atoms with Crippen LogP contribution in [0.25, 0.3) is 0 Å². The highest BCUT2D eigenvalue weighted by atomic mass is 28.4. The summed E-state index contributed by atoms with van der Waals surface area (Å²) in [7, 11) is -5.16. The molecule has 0 saturated carbocycles. The maximum Gasteiger partial charge on any atom is 0.579 e. The van der Waals surface area contributed by atoms with Gasteiger partial charge in [-0.25, -0.2) is 22.0 Å². The van der Waals surface area contributed by atoms with Gasteiger partial charge in [0.25, 0.3) is 0 Å². The Morgan fingerprint density at radius 2 is 0.958 bits per heavy atom. The zero-order valence-electron chi connectivity index (χ0n) is 13.0. The minimum atomic E-state index is -5.16. The van der Waals surface area contributed by atoms with Crippen molar-refractivity contribution >= 4 is 8.80 Å². The molecule has 0 atom stereocenters. The smallest absolute Gasteiger partial charge is 0.370 e. The quantitative estimate of drug-likeness (QED) is 0.295. The van der Waals surface area contributed by atoms with Gasteiger partial charge in [-0.3, -0.25) is 0 Å². The van der Waals surface area contributed by atoms with Crippen molar-refractivity contribution in [2.75, 3.05) is 19.8 Å². The molecule has 0 spiro atoms. The van der Waals surface area contributed by atoms with E-state index in [0.717, 1.165) is 0 Å². The zero-order valence-corrected chi connectivity index (χ0v) is 14.0. The van der Waals surface area contributed by atoms with Crippen LogP contribution in [0.15, 0.2) is 0 Å². The van der Waals surface area contributed by atoms with E-state index in [1.54, 1.807) is 0 Å². The van der Waals surface area contributed by atoms with Gasteiger partial charge in [0, 0.05) is 19.8 Å². The molecule has 0 unspecified atom stereocenters. The highest BCUT2D eigenvalue weighted by molar-refractivity contribution is 6.63. The Kier molecular flexibility index (Phi) is 6.79. The number of halogens is 7. The van der Waals surface area contributed by atoms with Gasteiger partial charge in [0.05, 0.1) is 0 Å². The Morgan fingerprint density at radius 1 is 0.667 bits per heavy atom. The standard InChI is InChI=1S/C13H15F7O3Si/c1-4-21-24(22-5-2,23-6-3)13(19,20)7-8(14)10(16)12(18)11(17)9(7)15/h4-6H2,1-3H3. The lowest BCUT2D eigenvalue weighted by Gasteiger charge is -2.35. The van der Waals surface area contributed by atoms with Crippen LogP contribution in [0.4, 0.5) is 30.7 Å². The molecule has 3 nitrogen and oxygen atoms in total. The summed E-state index contributed by atoms with van der Waals surface area (Å²) in [6, 6.07) is 0. The summed E-state index contributed by atoms with van der Waals surface area (Å²) >= 11 is 0. The number of hydrogen-bond donors (Lipinski definition) is 0. The highest BCUT2D eigenvalue weighted by Crippen LogP contribution is 2.43. The SMILES string of the molecule is CCO[Si](OCC)(OCC)C(F)(F)c1c(F)c(F)c(F)c(F)c1F. The molecule has 11 heteroatoms. The Labute approximate surface area is 134 Å². The number of alkyl halides is 2. The number of rotatable bonds is 8. The average molecular weight is 380 g/mol. The summed E-state index contributed by atoms with van der Waals surface area (Å²) in [4.78, 5) is 0. The Balaban J connectivity index is 3.72. The number of benzene rings is 1. The molecule has 0 aliphatic rings. The minimum absolute atomic E-state index is 0.392. The van der Waals surface area contributed by atoms with Crippen LogP contribution in [0.3, 0.4) is 0 Å². The molecule has 1 aromatic rings. The van der Waals surface area contributed by atoms with Gasteiger partial charge in [0.15, 0.2) is 23.3 Å². The molecule has 0 aliphatic carbocycles. The minimum Gasteiger partial charge on any atom is -0.370 e. The van der Waals surface area contributed by atoms with Crippen molar-refractivity contribution in [1.82, 2.24) is 0 Å². The summed E-state index contributed by atoms with van der Waals surface area (Å²) in [6.45, 7) is 2.68. The van der Waals surface area contributed by atoms with Crippen LogP contribution in [-0.4, -0.2) is 28.6 Å². The van der Waals surface area contributed by atoms with Crippen LogP contribution in [-0.2, 0) is 18.8 Å². The molecule has 0 bridgehead atoms. The average Bonchev–Trinajstić information content (AvgIpc) is 2.51. The number of hydrogen-bond acceptors (Lipinski definition) is 3. The Bertz CT molecular complexity index is 551. The molecule has 1 rings (SSSR count). The van der Waals surface area contributed by atoms with Crippen molar-refractivity contribution in [2.45, 2.75) is 26.3 Å². The van der Waals surface area contributed by atoms with Crippen molar-refractivity contribution in [1.29, 1.82) is 0 Å². The monoisotopic (exact) mass is 380 g/mol. The van der Waals surface area contributed by atoms with Crippen molar-refractivity contribution in [3.05, 3.63) is 34.6 Å². The third-order valence-corrected chi connectivity index (χ3v) is 5.94. The second kappa shape index (κ2) is 7.81. The fraction of sp³-hybridized carbons (Fsp3) is 0.538. The lowest BCUT2D eigenvalue weighted by atomic mass is 10.1. The second-order valence-corrected chi connectivity index (χ2v) is 6.98. The molecule has 0 saturated heterocycles. The van der Waals surface area contributed by atoms with E-state index in [1.165, 1.54) is 20.8 Å². The normalized spacial score (nSPS) is 12.8. The summed E-state index contributed by atoms with van der Waals surface area (Å²) in [5.74, 6) is -12.8. The van der Waals surface area contributed by atoms with E-state index < -0.39 is 68.8 Å². The van der Waals surface area contributed by atoms with Gasteiger partial charge in [-0.15, -0.1) is 0 Å². The van der Waals surface area contributed by atoms with E-state index in [-0.39, 0.29) is 0 Å². The topological polar surface area (TPSA) is 27.7 Å². The molecule has 0 radical (unpaired) electrons. The van der Waals surface area contributed by atoms with Gasteiger partial charge in [-0.05, 0) is 20.8 Å². The molecule has 1 aromatic carbocycles. The van der Waals surface area contributed by atoms with Crippen LogP contribution in [0.5, 0.6) is 0 Å². The van der Waals surface area contributed by atoms with Gasteiger partial charge < -0.3 is 13.3 Å². The molecule has 0 aliphatic heterocycles. The van der Waals surface area contributed by atoms with Gasteiger partial charge in [-0.2, -0.15) is 8.78 Å². The van der Waals surface area contributed by atoms with Crippen LogP contribution in [0, 0.1) is 29.1 Å². The largest absolute Gasteiger partial charge is 0.579 e. The van der Waals surface area contributed by atoms with Crippen molar-refractivity contribution < 1.29 is 44.0 Å². The predicted molar refractivity (Wildman–Crippen MR) is 70.8 cm³/mol. The van der Waals surface area contributed by atoms with Gasteiger partial charge >= 0.3 is 14.4 Å². The summed E-state index contributed by atoms with van der Waals surface area (Å²) in [6.07, 6.45) is 0. The second-order valence-electron chi connectivity index (χ2n) is 4.37. The van der Waals surface area contributed by atoms with Gasteiger partial charge in [0.2, 0.25) is 5.82 Å². The summed E-state index contributed by atoms with van der Waals surface area (Å²) in [5, 5.41) is 0. The third-order valence-electron chi connectivity index (χ3n) is 2.91. The van der Waals surface area contributed by atoms with E-state index in [9.17, 15) is 30.7 Å². The van der Waals surface area contributed by atoms with Crippen molar-refractivity contribution in [2.24, 2.45) is 0 Å². The lowest BCUT2D eigenvalue weighted by Crippen LogP contribution is -2.60. The van der Waals surface area contributed by atoms with E-state index in [4.69, 9.17) is 13.3 Å². The molecule has 0 amide bonds. The summed E-state index contributed by atoms with van der Waals surface area (Å²) in [5.41, 5.74) is -7.04. The molecule has 0 N–H and O–H groups in total. The van der Waals surface area contributed by atoms with Gasteiger partial charge in [-0.1, -0.05) is 0 Å². The van der Waals surface area contributed by atoms with E-state index in [2.05, 4.69) is 0 Å². The Morgan fingerprint density at radius 3 is 1.25 bits per heavy atom. The molecule has 138 valence electrons. The molecule has 0 aromatic heterocycles. The van der Waals surface area contributed by atoms with Crippen molar-refractivity contribution in [3.63, 3.8) is 0 Å². The van der Waals surface area contributed by atoms with E-state index in [1.807, 2.05) is 0 Å². The molecule has 24 heavy (non-hydrogen) atoms. The van der Waals surface area contributed by atoms with Crippen LogP contribution in [0.1, 0.15) is 26.3 Å². The third kappa shape index (κ3) is 3.30. The first kappa shape index (κ1) is 20.9. The first-order valence-electron chi connectivity index (χ1n) is 6.92. The fourth-order valence-corrected chi connectivity index (χ4v) is 4.46. The first-order chi connectivity index (χ1) is 11.1. The molecular weight excluding hydrogens is 365 g/mol. The Hall–Kier alpha value is -1.17. The van der Waals surface area contributed by atoms with E-state index in [0.29, 0.717) is 0 Å². The fourth-order valence-electron chi connectivity index (χ4n) is 2.00. The van der Waals surface area contributed by atoms with Gasteiger partial charge in [0.1, 0.15) is 5.56 Å². The summed E-state index contributed by atoms with van der Waals surface area (Å²) < 4.78 is 111. The lowest BCUT2D eigenvalue weighted by molar-refractivity contribution is -0.0589. The van der Waals surface area contributed by atoms with Crippen LogP contribution < -0.4 is 0 Å². The first-order valence-corrected chi connectivity index (χ1v) is 8.65. The predicted octanol–water partition coefficient (Wildman–Crippen LogP) is 4.06.